The van der Waals surface area contributed by atoms with Gasteiger partial charge in [-0.3, -0.25) is 9.48 Å². The zero-order valence-electron chi connectivity index (χ0n) is 16.2. The van der Waals surface area contributed by atoms with Crippen LogP contribution in [0, 0.1) is 5.92 Å². The topological polar surface area (TPSA) is 81.1 Å². The standard InChI is InChI=1S/C21H27N3O3S/c1-28(26,27)18-9-5-8-17(12-18)23-21(25)20-19(16-10-11-16)13-22-24(20)14-15-6-3-2-4-7-15/h5,8-9,12-13,15-16H,2-4,6-7,10-11,14H2,1H3,(H,23,25). The number of hydrogen-bond acceptors (Lipinski definition) is 4. The van der Waals surface area contributed by atoms with Crippen LogP contribution < -0.4 is 5.32 Å². The summed E-state index contributed by atoms with van der Waals surface area (Å²) in [4.78, 5) is 13.3. The van der Waals surface area contributed by atoms with E-state index in [0.29, 0.717) is 23.2 Å². The Labute approximate surface area is 166 Å². The lowest BCUT2D eigenvalue weighted by atomic mass is 9.89. The summed E-state index contributed by atoms with van der Waals surface area (Å²) >= 11 is 0. The molecule has 1 aromatic heterocycles. The maximum Gasteiger partial charge on any atom is 0.274 e. The van der Waals surface area contributed by atoms with E-state index in [1.54, 1.807) is 12.1 Å². The maximum absolute atomic E-state index is 13.1. The Kier molecular flexibility index (Phi) is 5.27. The van der Waals surface area contributed by atoms with Gasteiger partial charge in [-0.15, -0.1) is 0 Å². The molecule has 0 bridgehead atoms. The number of carbonyl (C=O) groups is 1. The number of rotatable bonds is 6. The molecule has 2 saturated carbocycles. The highest BCUT2D eigenvalue weighted by atomic mass is 32.2. The van der Waals surface area contributed by atoms with Gasteiger partial charge in [-0.25, -0.2) is 8.42 Å². The molecule has 7 heteroatoms. The van der Waals surface area contributed by atoms with Crippen molar-refractivity contribution in [3.8, 4) is 0 Å². The van der Waals surface area contributed by atoms with E-state index in [1.807, 2.05) is 10.9 Å². The Hall–Kier alpha value is -2.15. The molecule has 1 heterocycles. The fourth-order valence-electron chi connectivity index (χ4n) is 4.09. The van der Waals surface area contributed by atoms with Crippen molar-refractivity contribution < 1.29 is 13.2 Å². The highest BCUT2D eigenvalue weighted by Crippen LogP contribution is 2.42. The molecule has 150 valence electrons. The molecule has 0 atom stereocenters. The number of nitrogens with zero attached hydrogens (tertiary/aromatic N) is 2. The first-order chi connectivity index (χ1) is 13.4. The molecule has 2 fully saturated rings. The molecule has 0 saturated heterocycles. The minimum absolute atomic E-state index is 0.198. The fraction of sp³-hybridized carbons (Fsp3) is 0.524. The lowest BCUT2D eigenvalue weighted by molar-refractivity contribution is 0.101. The lowest BCUT2D eigenvalue weighted by Gasteiger charge is -2.22. The first kappa shape index (κ1) is 19.2. The number of sulfone groups is 1. The van der Waals surface area contributed by atoms with Crippen LogP contribution in [0.5, 0.6) is 0 Å². The van der Waals surface area contributed by atoms with Crippen LogP contribution in [0.4, 0.5) is 5.69 Å². The molecule has 1 amide bonds. The maximum atomic E-state index is 13.1. The van der Waals surface area contributed by atoms with Gasteiger partial charge in [0.1, 0.15) is 5.69 Å². The molecule has 28 heavy (non-hydrogen) atoms. The van der Waals surface area contributed by atoms with E-state index in [9.17, 15) is 13.2 Å². The largest absolute Gasteiger partial charge is 0.321 e. The Morgan fingerprint density at radius 2 is 1.93 bits per heavy atom. The molecule has 1 aromatic carbocycles. The van der Waals surface area contributed by atoms with Gasteiger partial charge in [0.25, 0.3) is 5.91 Å². The number of anilines is 1. The molecule has 2 aromatic rings. The highest BCUT2D eigenvalue weighted by Gasteiger charge is 2.32. The number of nitrogens with one attached hydrogen (secondary N) is 1. The van der Waals surface area contributed by atoms with Gasteiger partial charge in [0, 0.05) is 24.1 Å². The number of hydrogen-bond donors (Lipinski definition) is 1. The molecule has 4 rings (SSSR count). The molecule has 2 aliphatic carbocycles. The van der Waals surface area contributed by atoms with Gasteiger partial charge in [-0.2, -0.15) is 5.10 Å². The highest BCUT2D eigenvalue weighted by molar-refractivity contribution is 7.90. The normalized spacial score (nSPS) is 18.2. The average molecular weight is 402 g/mol. The summed E-state index contributed by atoms with van der Waals surface area (Å²) in [6.45, 7) is 0.777. The monoisotopic (exact) mass is 401 g/mol. The quantitative estimate of drug-likeness (QED) is 0.793. The smallest absolute Gasteiger partial charge is 0.274 e. The summed E-state index contributed by atoms with van der Waals surface area (Å²) in [6.07, 6.45) is 11.4. The van der Waals surface area contributed by atoms with Crippen molar-refractivity contribution in [2.75, 3.05) is 11.6 Å². The van der Waals surface area contributed by atoms with Crippen molar-refractivity contribution in [3.63, 3.8) is 0 Å². The van der Waals surface area contributed by atoms with Gasteiger partial charge >= 0.3 is 0 Å². The molecular formula is C21H27N3O3S. The van der Waals surface area contributed by atoms with Crippen LogP contribution in [-0.4, -0.2) is 30.4 Å². The summed E-state index contributed by atoms with van der Waals surface area (Å²) in [5.74, 6) is 0.782. The SMILES string of the molecule is CS(=O)(=O)c1cccc(NC(=O)c2c(C3CC3)cnn2CC2CCCCC2)c1. The van der Waals surface area contributed by atoms with E-state index in [4.69, 9.17) is 0 Å². The summed E-state index contributed by atoms with van der Waals surface area (Å²) < 4.78 is 25.5. The summed E-state index contributed by atoms with van der Waals surface area (Å²) in [5.41, 5.74) is 2.14. The molecule has 0 aliphatic heterocycles. The number of amides is 1. The Bertz CT molecular complexity index is 971. The van der Waals surface area contributed by atoms with Gasteiger partial charge in [-0.1, -0.05) is 25.3 Å². The zero-order valence-corrected chi connectivity index (χ0v) is 17.0. The van der Waals surface area contributed by atoms with Crippen molar-refractivity contribution in [1.29, 1.82) is 0 Å². The predicted molar refractivity (Wildman–Crippen MR) is 108 cm³/mol. The van der Waals surface area contributed by atoms with Crippen LogP contribution in [0.3, 0.4) is 0 Å². The van der Waals surface area contributed by atoms with E-state index in [2.05, 4.69) is 10.4 Å². The van der Waals surface area contributed by atoms with Crippen LogP contribution in [-0.2, 0) is 16.4 Å². The van der Waals surface area contributed by atoms with Gasteiger partial charge < -0.3 is 5.32 Å². The summed E-state index contributed by atoms with van der Waals surface area (Å²) in [7, 11) is -3.32. The third-order valence-corrected chi connectivity index (χ3v) is 6.89. The van der Waals surface area contributed by atoms with Crippen molar-refractivity contribution in [2.45, 2.75) is 62.3 Å². The first-order valence-corrected chi connectivity index (χ1v) is 12.0. The van der Waals surface area contributed by atoms with Gasteiger partial charge in [0.2, 0.25) is 0 Å². The minimum atomic E-state index is -3.32. The van der Waals surface area contributed by atoms with Crippen LogP contribution in [0.15, 0.2) is 35.4 Å². The Morgan fingerprint density at radius 3 is 2.61 bits per heavy atom. The van der Waals surface area contributed by atoms with Crippen molar-refractivity contribution in [2.24, 2.45) is 5.92 Å². The Morgan fingerprint density at radius 1 is 1.18 bits per heavy atom. The van der Waals surface area contributed by atoms with Crippen LogP contribution in [0.25, 0.3) is 0 Å². The fourth-order valence-corrected chi connectivity index (χ4v) is 4.76. The second-order valence-corrected chi connectivity index (χ2v) is 10.2. The van der Waals surface area contributed by atoms with Gasteiger partial charge in [-0.05, 0) is 55.7 Å². The van der Waals surface area contributed by atoms with Gasteiger partial charge in [0.05, 0.1) is 11.1 Å². The van der Waals surface area contributed by atoms with E-state index in [1.165, 1.54) is 50.5 Å². The van der Waals surface area contributed by atoms with Crippen LogP contribution >= 0.6 is 0 Å². The Balaban J connectivity index is 1.58. The van der Waals surface area contributed by atoms with Crippen LogP contribution in [0.1, 0.15) is 66.9 Å². The summed E-state index contributed by atoms with van der Waals surface area (Å²) in [5, 5.41) is 7.44. The van der Waals surface area contributed by atoms with E-state index in [0.717, 1.165) is 24.9 Å². The van der Waals surface area contributed by atoms with E-state index in [-0.39, 0.29) is 10.8 Å². The number of benzene rings is 1. The third-order valence-electron chi connectivity index (χ3n) is 5.78. The third kappa shape index (κ3) is 4.29. The number of carbonyl (C=O) groups excluding carboxylic acids is 1. The lowest BCUT2D eigenvalue weighted by Crippen LogP contribution is -2.23. The molecule has 2 aliphatic rings. The first-order valence-electron chi connectivity index (χ1n) is 10.1. The van der Waals surface area contributed by atoms with Crippen molar-refractivity contribution >= 4 is 21.4 Å². The molecule has 1 N–H and O–H groups in total. The minimum Gasteiger partial charge on any atom is -0.321 e. The molecule has 6 nitrogen and oxygen atoms in total. The number of aromatic nitrogens is 2. The molecule has 0 radical (unpaired) electrons. The second-order valence-electron chi connectivity index (χ2n) is 8.16. The van der Waals surface area contributed by atoms with E-state index < -0.39 is 9.84 Å². The average Bonchev–Trinajstić information content (AvgIpc) is 3.43. The predicted octanol–water partition coefficient (Wildman–Crippen LogP) is 4.00. The van der Waals surface area contributed by atoms with Crippen molar-refractivity contribution in [1.82, 2.24) is 9.78 Å². The van der Waals surface area contributed by atoms with Crippen molar-refractivity contribution in [3.05, 3.63) is 41.7 Å². The summed E-state index contributed by atoms with van der Waals surface area (Å²) in [6, 6.07) is 6.40. The zero-order chi connectivity index (χ0) is 19.7. The second kappa shape index (κ2) is 7.70. The molecule has 0 unspecified atom stereocenters. The molecular weight excluding hydrogens is 374 g/mol. The van der Waals surface area contributed by atoms with Gasteiger partial charge in [0.15, 0.2) is 9.84 Å². The molecule has 0 spiro atoms. The van der Waals surface area contributed by atoms with E-state index >= 15 is 0 Å². The van der Waals surface area contributed by atoms with Crippen LogP contribution in [0.2, 0.25) is 0 Å².